The van der Waals surface area contributed by atoms with Crippen molar-refractivity contribution in [3.8, 4) is 0 Å². The number of carbonyl (C=O) groups is 2. The van der Waals surface area contributed by atoms with E-state index in [1.54, 1.807) is 5.57 Å². The minimum absolute atomic E-state index is 0.0365. The van der Waals surface area contributed by atoms with Crippen molar-refractivity contribution in [2.24, 2.45) is 51.1 Å². The van der Waals surface area contributed by atoms with Gasteiger partial charge in [-0.2, -0.15) is 0 Å². The molecule has 6 rings (SSSR count). The van der Waals surface area contributed by atoms with Gasteiger partial charge in [-0.15, -0.1) is 0 Å². The Hall–Kier alpha value is -1.68. The second-order valence-corrected chi connectivity index (χ2v) is 16.3. The van der Waals surface area contributed by atoms with Crippen LogP contribution in [0.25, 0.3) is 0 Å². The fraction of sp³-hybridized carbons (Fsp3) is 0.778. The van der Waals surface area contributed by atoms with Crippen LogP contribution in [0, 0.1) is 45.3 Å². The van der Waals surface area contributed by atoms with Gasteiger partial charge in [0.25, 0.3) is 6.47 Å². The minimum atomic E-state index is -0.404. The third kappa shape index (κ3) is 3.66. The Kier molecular flexibility index (Phi) is 6.51. The lowest BCUT2D eigenvalue weighted by atomic mass is 9.33. The number of ketones is 1. The molecule has 0 saturated heterocycles. The highest BCUT2D eigenvalue weighted by Gasteiger charge is 2.69. The van der Waals surface area contributed by atoms with Crippen LogP contribution in [0.3, 0.4) is 0 Å². The maximum atomic E-state index is 13.3. The standard InChI is InChI=1S/C36H53NO3/c1-22(2)30-27(39)20-36(37)19-18-34(6)26(31(30)36)12-13-29-33(5)16-14-25(23-8-10-24(11-9-23)40-21-38)32(3,4)28(33)15-17-35(29,34)7/h8,14,21-22,24,26,28-29H,9-13,15-20,37H2,1-7H3/t24?,26-,28+,29-,33+,34-,35-,36-/m1/s1. The van der Waals surface area contributed by atoms with Crippen molar-refractivity contribution in [3.63, 3.8) is 0 Å². The highest BCUT2D eigenvalue weighted by molar-refractivity contribution is 6.01. The van der Waals surface area contributed by atoms with Crippen LogP contribution >= 0.6 is 0 Å². The van der Waals surface area contributed by atoms with Gasteiger partial charge in [0.15, 0.2) is 5.78 Å². The topological polar surface area (TPSA) is 69.4 Å². The van der Waals surface area contributed by atoms with E-state index in [0.717, 1.165) is 44.1 Å². The summed E-state index contributed by atoms with van der Waals surface area (Å²) < 4.78 is 5.28. The molecule has 6 aliphatic rings. The molecule has 4 heteroatoms. The van der Waals surface area contributed by atoms with Crippen molar-refractivity contribution >= 4 is 12.3 Å². The molecular weight excluding hydrogens is 494 g/mol. The highest BCUT2D eigenvalue weighted by Crippen LogP contribution is 2.75. The van der Waals surface area contributed by atoms with E-state index in [2.05, 4.69) is 60.6 Å². The van der Waals surface area contributed by atoms with Crippen LogP contribution in [0.5, 0.6) is 0 Å². The Labute approximate surface area is 242 Å². The van der Waals surface area contributed by atoms with Crippen molar-refractivity contribution in [2.45, 2.75) is 131 Å². The van der Waals surface area contributed by atoms with E-state index < -0.39 is 5.54 Å². The van der Waals surface area contributed by atoms with Crippen LogP contribution in [0.2, 0.25) is 0 Å². The number of ether oxygens (including phenoxy) is 1. The van der Waals surface area contributed by atoms with E-state index in [-0.39, 0.29) is 33.7 Å². The van der Waals surface area contributed by atoms with Crippen LogP contribution in [0.4, 0.5) is 0 Å². The molecule has 40 heavy (non-hydrogen) atoms. The summed E-state index contributed by atoms with van der Waals surface area (Å²) in [6, 6.07) is 0. The van der Waals surface area contributed by atoms with Crippen LogP contribution in [0.1, 0.15) is 119 Å². The summed E-state index contributed by atoms with van der Waals surface area (Å²) in [4.78, 5) is 24.1. The summed E-state index contributed by atoms with van der Waals surface area (Å²) in [5, 5.41) is 0. The lowest BCUT2D eigenvalue weighted by Gasteiger charge is -2.71. The molecule has 0 heterocycles. The number of nitrogens with two attached hydrogens (primary N) is 1. The van der Waals surface area contributed by atoms with Gasteiger partial charge in [0.1, 0.15) is 6.10 Å². The van der Waals surface area contributed by atoms with Crippen molar-refractivity contribution in [3.05, 3.63) is 34.4 Å². The average Bonchev–Trinajstić information content (AvgIpc) is 3.15. The van der Waals surface area contributed by atoms with Crippen LogP contribution < -0.4 is 5.73 Å². The van der Waals surface area contributed by atoms with E-state index in [9.17, 15) is 9.59 Å². The predicted molar refractivity (Wildman–Crippen MR) is 160 cm³/mol. The predicted octanol–water partition coefficient (Wildman–Crippen LogP) is 7.87. The largest absolute Gasteiger partial charge is 0.464 e. The van der Waals surface area contributed by atoms with E-state index in [1.165, 1.54) is 36.8 Å². The molecule has 0 spiro atoms. The number of fused-ring (bicyclic) bond motifs is 7. The molecule has 0 amide bonds. The third-order valence-corrected chi connectivity index (χ3v) is 14.0. The summed E-state index contributed by atoms with van der Waals surface area (Å²) >= 11 is 0. The van der Waals surface area contributed by atoms with Crippen LogP contribution in [-0.4, -0.2) is 23.9 Å². The molecule has 1 unspecified atom stereocenters. The van der Waals surface area contributed by atoms with Gasteiger partial charge in [0, 0.05) is 18.4 Å². The van der Waals surface area contributed by atoms with Crippen molar-refractivity contribution < 1.29 is 14.3 Å². The highest BCUT2D eigenvalue weighted by atomic mass is 16.5. The SMILES string of the molecule is CC(C)C1=C2[C@H]3CC[C@@H]4[C@@]5(C)CC=C(C6=CCC(OC=O)CC6)C(C)(C)[C@@H]5CC[C@@]4(C)[C@]3(C)CC[C@@]2(N)CC1=O. The van der Waals surface area contributed by atoms with Crippen molar-refractivity contribution in [1.82, 2.24) is 0 Å². The Bertz CT molecular complexity index is 1210. The zero-order valence-electron chi connectivity index (χ0n) is 26.2. The molecular formula is C36H53NO3. The van der Waals surface area contributed by atoms with E-state index >= 15 is 0 Å². The summed E-state index contributed by atoms with van der Waals surface area (Å²) in [5.41, 5.74) is 13.1. The molecule has 220 valence electrons. The quantitative estimate of drug-likeness (QED) is 0.364. The first-order chi connectivity index (χ1) is 18.7. The molecule has 0 bridgehead atoms. The molecule has 0 aromatic heterocycles. The average molecular weight is 548 g/mol. The normalized spacial score (nSPS) is 46.1. The first-order valence-corrected chi connectivity index (χ1v) is 16.3. The maximum Gasteiger partial charge on any atom is 0.293 e. The van der Waals surface area contributed by atoms with E-state index in [4.69, 9.17) is 10.5 Å². The summed E-state index contributed by atoms with van der Waals surface area (Å²) in [5.74, 6) is 2.35. The molecule has 3 fully saturated rings. The molecule has 2 N–H and O–H groups in total. The van der Waals surface area contributed by atoms with Gasteiger partial charge in [-0.25, -0.2) is 0 Å². The fourth-order valence-electron chi connectivity index (χ4n) is 12.0. The number of hydrogen-bond donors (Lipinski definition) is 1. The van der Waals surface area contributed by atoms with Crippen LogP contribution in [0.15, 0.2) is 34.4 Å². The number of allylic oxidation sites excluding steroid dienone is 4. The lowest BCUT2D eigenvalue weighted by molar-refractivity contribution is -0.195. The van der Waals surface area contributed by atoms with Crippen LogP contribution in [-0.2, 0) is 14.3 Å². The summed E-state index contributed by atoms with van der Waals surface area (Å²) in [6.45, 7) is 17.9. The minimum Gasteiger partial charge on any atom is -0.464 e. The molecule has 6 aliphatic carbocycles. The molecule has 0 radical (unpaired) electrons. The summed E-state index contributed by atoms with van der Waals surface area (Å²) in [6.07, 6.45) is 16.5. The van der Waals surface area contributed by atoms with Gasteiger partial charge >= 0.3 is 0 Å². The molecule has 3 saturated carbocycles. The zero-order valence-corrected chi connectivity index (χ0v) is 26.2. The Morgan fingerprint density at radius 3 is 2.35 bits per heavy atom. The molecule has 8 atom stereocenters. The third-order valence-electron chi connectivity index (χ3n) is 14.0. The maximum absolute atomic E-state index is 13.3. The number of Topliss-reactive ketones (excluding diaryl/α,β-unsaturated/α-hetero) is 1. The second kappa shape index (κ2) is 9.16. The first kappa shape index (κ1) is 28.4. The Morgan fingerprint density at radius 2 is 1.70 bits per heavy atom. The lowest BCUT2D eigenvalue weighted by Crippen LogP contribution is -2.65. The number of carbonyl (C=O) groups excluding carboxylic acids is 2. The Balaban J connectivity index is 1.35. The Morgan fingerprint density at radius 1 is 0.950 bits per heavy atom. The summed E-state index contributed by atoms with van der Waals surface area (Å²) in [7, 11) is 0. The van der Waals surface area contributed by atoms with Gasteiger partial charge < -0.3 is 10.5 Å². The zero-order chi connectivity index (χ0) is 28.9. The molecule has 4 nitrogen and oxygen atoms in total. The van der Waals surface area contributed by atoms with E-state index in [0.29, 0.717) is 36.4 Å². The molecule has 0 aliphatic heterocycles. The van der Waals surface area contributed by atoms with Gasteiger partial charge in [-0.05, 0) is 125 Å². The molecule has 0 aromatic rings. The van der Waals surface area contributed by atoms with Gasteiger partial charge in [-0.3, -0.25) is 9.59 Å². The second-order valence-electron chi connectivity index (χ2n) is 16.3. The van der Waals surface area contributed by atoms with Gasteiger partial charge in [0.05, 0.1) is 0 Å². The molecule has 0 aromatic carbocycles. The fourth-order valence-corrected chi connectivity index (χ4v) is 12.0. The van der Waals surface area contributed by atoms with Crippen molar-refractivity contribution in [2.75, 3.05) is 0 Å². The monoisotopic (exact) mass is 547 g/mol. The first-order valence-electron chi connectivity index (χ1n) is 16.3. The number of hydrogen-bond acceptors (Lipinski definition) is 4. The van der Waals surface area contributed by atoms with Crippen molar-refractivity contribution in [1.29, 1.82) is 0 Å². The van der Waals surface area contributed by atoms with E-state index in [1.807, 2.05) is 0 Å². The smallest absolute Gasteiger partial charge is 0.293 e. The number of rotatable bonds is 4. The van der Waals surface area contributed by atoms with Gasteiger partial charge in [0.2, 0.25) is 0 Å². The van der Waals surface area contributed by atoms with Gasteiger partial charge in [-0.1, -0.05) is 60.6 Å².